The number of halogens is 1. The van der Waals surface area contributed by atoms with Crippen molar-refractivity contribution in [1.29, 1.82) is 5.41 Å². The van der Waals surface area contributed by atoms with Gasteiger partial charge < -0.3 is 10.5 Å². The molecule has 2 heterocycles. The Labute approximate surface area is 142 Å². The van der Waals surface area contributed by atoms with E-state index in [4.69, 9.17) is 15.9 Å². The van der Waals surface area contributed by atoms with E-state index >= 15 is 0 Å². The number of carbonyl (C=O) groups excluding carboxylic acids is 1. The normalized spacial score (nSPS) is 13.1. The highest BCUT2D eigenvalue weighted by molar-refractivity contribution is 9.10. The number of fused-ring (bicyclic) bond motifs is 1. The zero-order valence-electron chi connectivity index (χ0n) is 13.6. The Morgan fingerprint density at radius 2 is 2.17 bits per heavy atom. The Hall–Kier alpha value is -1.96. The van der Waals surface area contributed by atoms with Gasteiger partial charge in [-0.05, 0) is 42.8 Å². The summed E-state index contributed by atoms with van der Waals surface area (Å²) in [6, 6.07) is 1.88. The summed E-state index contributed by atoms with van der Waals surface area (Å²) in [5.74, 6) is -0.339. The fraction of sp³-hybridized carbons (Fsp3) is 0.467. The van der Waals surface area contributed by atoms with E-state index in [0.717, 1.165) is 10.2 Å². The highest BCUT2D eigenvalue weighted by Crippen LogP contribution is 2.30. The molecule has 0 spiro atoms. The fourth-order valence-corrected chi connectivity index (χ4v) is 2.84. The lowest BCUT2D eigenvalue weighted by Crippen LogP contribution is -2.29. The molecule has 2 aromatic heterocycles. The smallest absolute Gasteiger partial charge is 0.352 e. The Morgan fingerprint density at radius 3 is 2.78 bits per heavy atom. The van der Waals surface area contributed by atoms with Crippen molar-refractivity contribution in [1.82, 2.24) is 14.6 Å². The number of esters is 1. The monoisotopic (exact) mass is 381 g/mol. The molecule has 1 unspecified atom stereocenters. The van der Waals surface area contributed by atoms with Crippen molar-refractivity contribution in [2.75, 3.05) is 5.73 Å². The Balaban J connectivity index is 2.22. The number of nitrogen functional groups attached to an aromatic ring is 1. The SMILES string of the molecule is CC(CC(=N)C(=O)OC(C)(C)C)c1cc(Br)c2c(N)ncnn12. The number of nitrogens with zero attached hydrogens (tertiary/aromatic N) is 3. The summed E-state index contributed by atoms with van der Waals surface area (Å²) in [7, 11) is 0. The van der Waals surface area contributed by atoms with Crippen LogP contribution in [0.4, 0.5) is 5.82 Å². The Bertz CT molecular complexity index is 763. The number of nitrogens with two attached hydrogens (primary N) is 1. The predicted octanol–water partition coefficient (Wildman–Crippen LogP) is 2.93. The van der Waals surface area contributed by atoms with E-state index in [-0.39, 0.29) is 18.1 Å². The molecule has 0 bridgehead atoms. The fourth-order valence-electron chi connectivity index (χ4n) is 2.23. The van der Waals surface area contributed by atoms with E-state index in [9.17, 15) is 4.79 Å². The van der Waals surface area contributed by atoms with Gasteiger partial charge in [-0.2, -0.15) is 5.10 Å². The molecule has 0 saturated heterocycles. The predicted molar refractivity (Wildman–Crippen MR) is 91.7 cm³/mol. The second-order valence-corrected chi connectivity index (χ2v) is 7.26. The van der Waals surface area contributed by atoms with Crippen molar-refractivity contribution in [3.8, 4) is 0 Å². The van der Waals surface area contributed by atoms with Gasteiger partial charge in [-0.15, -0.1) is 0 Å². The van der Waals surface area contributed by atoms with Crippen molar-refractivity contribution in [2.45, 2.75) is 45.6 Å². The van der Waals surface area contributed by atoms with Crippen LogP contribution in [-0.4, -0.2) is 31.9 Å². The molecule has 1 atom stereocenters. The van der Waals surface area contributed by atoms with Crippen molar-refractivity contribution in [3.05, 3.63) is 22.6 Å². The zero-order chi connectivity index (χ0) is 17.4. The topological polar surface area (TPSA) is 106 Å². The van der Waals surface area contributed by atoms with E-state index in [1.165, 1.54) is 6.33 Å². The maximum absolute atomic E-state index is 11.9. The molecule has 0 radical (unpaired) electrons. The van der Waals surface area contributed by atoms with E-state index in [2.05, 4.69) is 26.0 Å². The minimum absolute atomic E-state index is 0.0690. The first-order valence-electron chi connectivity index (χ1n) is 7.18. The minimum atomic E-state index is -0.612. The van der Waals surface area contributed by atoms with Crippen LogP contribution < -0.4 is 5.73 Å². The molecule has 7 nitrogen and oxygen atoms in total. The third kappa shape index (κ3) is 3.87. The lowest BCUT2D eigenvalue weighted by Gasteiger charge is -2.20. The second-order valence-electron chi connectivity index (χ2n) is 6.41. The highest BCUT2D eigenvalue weighted by Gasteiger charge is 2.24. The van der Waals surface area contributed by atoms with Crippen molar-refractivity contribution in [3.63, 3.8) is 0 Å². The summed E-state index contributed by atoms with van der Waals surface area (Å²) in [5.41, 5.74) is 6.71. The summed E-state index contributed by atoms with van der Waals surface area (Å²) in [5, 5.41) is 12.2. The van der Waals surface area contributed by atoms with Gasteiger partial charge in [0.15, 0.2) is 5.82 Å². The van der Waals surface area contributed by atoms with Crippen LogP contribution in [0.25, 0.3) is 5.52 Å². The van der Waals surface area contributed by atoms with Crippen molar-refractivity contribution < 1.29 is 9.53 Å². The minimum Gasteiger partial charge on any atom is -0.456 e. The number of aromatic nitrogens is 3. The maximum Gasteiger partial charge on any atom is 0.352 e. The largest absolute Gasteiger partial charge is 0.456 e. The van der Waals surface area contributed by atoms with Crippen LogP contribution >= 0.6 is 15.9 Å². The van der Waals surface area contributed by atoms with Gasteiger partial charge in [0.2, 0.25) is 0 Å². The molecule has 2 rings (SSSR count). The first-order valence-corrected chi connectivity index (χ1v) is 7.98. The number of hydrogen-bond acceptors (Lipinski definition) is 6. The summed E-state index contributed by atoms with van der Waals surface area (Å²) in [6.07, 6.45) is 1.63. The molecule has 0 fully saturated rings. The van der Waals surface area contributed by atoms with Crippen LogP contribution in [0.2, 0.25) is 0 Å². The van der Waals surface area contributed by atoms with Gasteiger partial charge in [-0.25, -0.2) is 14.3 Å². The van der Waals surface area contributed by atoms with E-state index in [1.54, 1.807) is 25.3 Å². The molecule has 2 aromatic rings. The number of ether oxygens (including phenoxy) is 1. The molecule has 3 N–H and O–H groups in total. The molecule has 124 valence electrons. The van der Waals surface area contributed by atoms with Gasteiger partial charge in [0.1, 0.15) is 23.2 Å². The zero-order valence-corrected chi connectivity index (χ0v) is 15.1. The molecular formula is C15H20BrN5O2. The molecule has 0 amide bonds. The summed E-state index contributed by atoms with van der Waals surface area (Å²) in [4.78, 5) is 15.9. The molecule has 0 saturated carbocycles. The van der Waals surface area contributed by atoms with Crippen LogP contribution in [0, 0.1) is 5.41 Å². The second kappa shape index (κ2) is 6.27. The van der Waals surface area contributed by atoms with Gasteiger partial charge in [-0.3, -0.25) is 5.41 Å². The highest BCUT2D eigenvalue weighted by atomic mass is 79.9. The van der Waals surface area contributed by atoms with Crippen molar-refractivity contribution in [2.24, 2.45) is 0 Å². The maximum atomic E-state index is 11.9. The number of anilines is 1. The molecule has 0 aliphatic heterocycles. The quantitative estimate of drug-likeness (QED) is 0.625. The molecule has 8 heteroatoms. The third-order valence-corrected chi connectivity index (χ3v) is 3.83. The van der Waals surface area contributed by atoms with Crippen LogP contribution in [0.3, 0.4) is 0 Å². The molecule has 0 aliphatic carbocycles. The third-order valence-electron chi connectivity index (χ3n) is 3.22. The van der Waals surface area contributed by atoms with E-state index in [1.807, 2.05) is 13.0 Å². The van der Waals surface area contributed by atoms with Crippen LogP contribution in [-0.2, 0) is 9.53 Å². The summed E-state index contributed by atoms with van der Waals surface area (Å²) < 4.78 is 7.68. The van der Waals surface area contributed by atoms with Crippen LogP contribution in [0.1, 0.15) is 45.7 Å². The van der Waals surface area contributed by atoms with Crippen LogP contribution in [0.15, 0.2) is 16.9 Å². The van der Waals surface area contributed by atoms with Gasteiger partial charge in [-0.1, -0.05) is 6.92 Å². The van der Waals surface area contributed by atoms with Crippen molar-refractivity contribution >= 4 is 38.9 Å². The van der Waals surface area contributed by atoms with Gasteiger partial charge in [0.05, 0.1) is 0 Å². The van der Waals surface area contributed by atoms with E-state index < -0.39 is 11.6 Å². The molecular weight excluding hydrogens is 362 g/mol. The van der Waals surface area contributed by atoms with Gasteiger partial charge in [0, 0.05) is 22.5 Å². The Morgan fingerprint density at radius 1 is 1.52 bits per heavy atom. The Kier molecular flexibility index (Phi) is 4.74. The standard InChI is InChI=1S/C15H20BrN5O2/c1-8(5-10(17)14(22)23-15(2,3)4)11-6-9(16)12-13(18)19-7-20-21(11)12/h6-8,17H,5H2,1-4H3,(H2,18,19,20). The lowest BCUT2D eigenvalue weighted by atomic mass is 10.0. The summed E-state index contributed by atoms with van der Waals surface area (Å²) >= 11 is 3.45. The molecule has 0 aromatic carbocycles. The number of carbonyl (C=O) groups is 1. The first kappa shape index (κ1) is 17.4. The van der Waals surface area contributed by atoms with Gasteiger partial charge in [0.25, 0.3) is 0 Å². The average Bonchev–Trinajstić information content (AvgIpc) is 2.75. The van der Waals surface area contributed by atoms with E-state index in [0.29, 0.717) is 11.3 Å². The number of rotatable bonds is 4. The lowest BCUT2D eigenvalue weighted by molar-refractivity contribution is -0.146. The first-order chi connectivity index (χ1) is 10.6. The summed E-state index contributed by atoms with van der Waals surface area (Å²) in [6.45, 7) is 7.25. The van der Waals surface area contributed by atoms with Crippen LogP contribution in [0.5, 0.6) is 0 Å². The molecule has 0 aliphatic rings. The van der Waals surface area contributed by atoms with Gasteiger partial charge >= 0.3 is 5.97 Å². The number of hydrogen-bond donors (Lipinski definition) is 2. The average molecular weight is 382 g/mol. The number of nitrogens with one attached hydrogen (secondary N) is 1. The molecule has 23 heavy (non-hydrogen) atoms.